The second-order valence-electron chi connectivity index (χ2n) is 2.08. The standard InChI is InChI=1S/C9H9FS2/c1-3-8(11-4-2)7-5-9(10)12-6-7/h3-6H,2H2,1H3/b8-3-. The van der Waals surface area contributed by atoms with Gasteiger partial charge in [0, 0.05) is 15.8 Å². The van der Waals surface area contributed by atoms with Crippen molar-refractivity contribution in [2.24, 2.45) is 0 Å². The number of halogens is 1. The fraction of sp³-hybridized carbons (Fsp3) is 0.111. The van der Waals surface area contributed by atoms with Gasteiger partial charge in [-0.2, -0.15) is 4.39 Å². The molecule has 0 bridgehead atoms. The first-order valence-electron chi connectivity index (χ1n) is 3.46. The van der Waals surface area contributed by atoms with Crippen molar-refractivity contribution in [1.29, 1.82) is 0 Å². The molecule has 0 nitrogen and oxygen atoms in total. The Bertz CT molecular complexity index is 299. The van der Waals surface area contributed by atoms with E-state index in [1.807, 2.05) is 13.0 Å². The smallest absolute Gasteiger partial charge is 0.177 e. The average Bonchev–Trinajstić information content (AvgIpc) is 2.47. The van der Waals surface area contributed by atoms with Crippen molar-refractivity contribution >= 4 is 28.0 Å². The number of rotatable bonds is 3. The summed E-state index contributed by atoms with van der Waals surface area (Å²) in [5, 5.41) is 3.40. The van der Waals surface area contributed by atoms with Crippen LogP contribution in [0.15, 0.2) is 29.5 Å². The van der Waals surface area contributed by atoms with Crippen molar-refractivity contribution < 1.29 is 4.39 Å². The third kappa shape index (κ3) is 2.22. The molecular formula is C9H9FS2. The van der Waals surface area contributed by atoms with Crippen LogP contribution in [0.1, 0.15) is 12.5 Å². The third-order valence-electron chi connectivity index (χ3n) is 1.32. The molecule has 0 unspecified atom stereocenters. The normalized spacial score (nSPS) is 11.7. The molecule has 0 aliphatic carbocycles. The lowest BCUT2D eigenvalue weighted by atomic mass is 10.3. The summed E-state index contributed by atoms with van der Waals surface area (Å²) in [7, 11) is 0. The fourth-order valence-corrected chi connectivity index (χ4v) is 2.11. The van der Waals surface area contributed by atoms with E-state index in [1.54, 1.807) is 10.8 Å². The lowest BCUT2D eigenvalue weighted by Crippen LogP contribution is -1.71. The molecule has 64 valence electrons. The minimum atomic E-state index is -0.144. The minimum Gasteiger partial charge on any atom is -0.195 e. The van der Waals surface area contributed by atoms with Crippen molar-refractivity contribution in [3.63, 3.8) is 0 Å². The molecule has 0 spiro atoms. The second kappa shape index (κ2) is 4.48. The Morgan fingerprint density at radius 3 is 2.92 bits per heavy atom. The Hall–Kier alpha value is -0.540. The van der Waals surface area contributed by atoms with Crippen molar-refractivity contribution in [3.05, 3.63) is 40.2 Å². The zero-order valence-corrected chi connectivity index (χ0v) is 8.34. The molecule has 0 fully saturated rings. The molecule has 3 heteroatoms. The van der Waals surface area contributed by atoms with E-state index in [-0.39, 0.29) is 5.13 Å². The summed E-state index contributed by atoms with van der Waals surface area (Å²) in [6.45, 7) is 5.54. The highest BCUT2D eigenvalue weighted by molar-refractivity contribution is 8.10. The molecule has 0 atom stereocenters. The van der Waals surface area contributed by atoms with Crippen LogP contribution in [-0.2, 0) is 0 Å². The first-order chi connectivity index (χ1) is 5.77. The molecule has 0 radical (unpaired) electrons. The van der Waals surface area contributed by atoms with Gasteiger partial charge in [-0.1, -0.05) is 24.4 Å². The summed E-state index contributed by atoms with van der Waals surface area (Å²) in [5.74, 6) is 0. The Morgan fingerprint density at radius 2 is 2.50 bits per heavy atom. The van der Waals surface area contributed by atoms with Crippen LogP contribution >= 0.6 is 23.1 Å². The molecule has 0 aromatic carbocycles. The van der Waals surface area contributed by atoms with Gasteiger partial charge >= 0.3 is 0 Å². The van der Waals surface area contributed by atoms with E-state index < -0.39 is 0 Å². The van der Waals surface area contributed by atoms with Crippen LogP contribution in [0.4, 0.5) is 4.39 Å². The van der Waals surface area contributed by atoms with Crippen LogP contribution < -0.4 is 0 Å². The van der Waals surface area contributed by atoms with E-state index in [9.17, 15) is 4.39 Å². The molecule has 1 aromatic heterocycles. The first-order valence-corrected chi connectivity index (χ1v) is 5.22. The van der Waals surface area contributed by atoms with Gasteiger partial charge < -0.3 is 0 Å². The molecule has 0 amide bonds. The molecule has 0 aliphatic heterocycles. The summed E-state index contributed by atoms with van der Waals surface area (Å²) in [6, 6.07) is 1.54. The summed E-state index contributed by atoms with van der Waals surface area (Å²) >= 11 is 2.63. The number of hydrogen-bond donors (Lipinski definition) is 0. The zero-order valence-electron chi connectivity index (χ0n) is 6.71. The molecular weight excluding hydrogens is 191 g/mol. The van der Waals surface area contributed by atoms with Gasteiger partial charge in [0.25, 0.3) is 0 Å². The van der Waals surface area contributed by atoms with Gasteiger partial charge in [0.1, 0.15) is 0 Å². The molecule has 0 saturated heterocycles. The molecule has 1 rings (SSSR count). The SMILES string of the molecule is C=CS/C(=C\C)c1csc(F)c1. The van der Waals surface area contributed by atoms with Crippen molar-refractivity contribution in [1.82, 2.24) is 0 Å². The zero-order chi connectivity index (χ0) is 8.97. The summed E-state index contributed by atoms with van der Waals surface area (Å²) < 4.78 is 12.6. The number of thioether (sulfide) groups is 1. The second-order valence-corrected chi connectivity index (χ2v) is 3.95. The largest absolute Gasteiger partial charge is 0.195 e. The lowest BCUT2D eigenvalue weighted by Gasteiger charge is -1.97. The van der Waals surface area contributed by atoms with Crippen LogP contribution in [-0.4, -0.2) is 0 Å². The van der Waals surface area contributed by atoms with Gasteiger partial charge in [-0.05, 0) is 18.4 Å². The van der Waals surface area contributed by atoms with Gasteiger partial charge in [0.15, 0.2) is 5.13 Å². The Labute approximate surface area is 79.8 Å². The Morgan fingerprint density at radius 1 is 1.75 bits per heavy atom. The molecule has 0 aliphatic rings. The number of thiophene rings is 1. The van der Waals surface area contributed by atoms with E-state index in [0.29, 0.717) is 0 Å². The summed E-state index contributed by atoms with van der Waals surface area (Å²) in [4.78, 5) is 1.05. The minimum absolute atomic E-state index is 0.144. The fourth-order valence-electron chi connectivity index (χ4n) is 0.832. The van der Waals surface area contributed by atoms with Crippen molar-refractivity contribution in [2.45, 2.75) is 6.92 Å². The molecule has 1 heterocycles. The maximum Gasteiger partial charge on any atom is 0.177 e. The molecule has 0 N–H and O–H groups in total. The van der Waals surface area contributed by atoms with Gasteiger partial charge in [-0.3, -0.25) is 0 Å². The number of allylic oxidation sites excluding steroid dienone is 1. The van der Waals surface area contributed by atoms with Crippen LogP contribution in [0.2, 0.25) is 0 Å². The average molecular weight is 200 g/mol. The van der Waals surface area contributed by atoms with Gasteiger partial charge in [0.2, 0.25) is 0 Å². The van der Waals surface area contributed by atoms with E-state index in [1.165, 1.54) is 17.8 Å². The maximum atomic E-state index is 12.6. The van der Waals surface area contributed by atoms with Gasteiger partial charge in [-0.25, -0.2) is 0 Å². The Kier molecular flexibility index (Phi) is 3.56. The highest BCUT2D eigenvalue weighted by atomic mass is 32.2. The van der Waals surface area contributed by atoms with E-state index in [2.05, 4.69) is 6.58 Å². The monoisotopic (exact) mass is 200 g/mol. The van der Waals surface area contributed by atoms with Crippen LogP contribution in [0.5, 0.6) is 0 Å². The molecule has 12 heavy (non-hydrogen) atoms. The number of hydrogen-bond acceptors (Lipinski definition) is 2. The Balaban J connectivity index is 2.87. The molecule has 1 aromatic rings. The molecule has 0 saturated carbocycles. The third-order valence-corrected chi connectivity index (χ3v) is 2.93. The topological polar surface area (TPSA) is 0 Å². The predicted octanol–water partition coefficient (Wildman–Crippen LogP) is 4.12. The van der Waals surface area contributed by atoms with Gasteiger partial charge in [0.05, 0.1) is 0 Å². The van der Waals surface area contributed by atoms with Crippen LogP contribution in [0.25, 0.3) is 4.91 Å². The lowest BCUT2D eigenvalue weighted by molar-refractivity contribution is 0.657. The highest BCUT2D eigenvalue weighted by Crippen LogP contribution is 2.30. The van der Waals surface area contributed by atoms with Gasteiger partial charge in [-0.15, -0.1) is 11.3 Å². The van der Waals surface area contributed by atoms with E-state index in [0.717, 1.165) is 21.8 Å². The first kappa shape index (κ1) is 9.55. The van der Waals surface area contributed by atoms with Crippen molar-refractivity contribution in [3.8, 4) is 0 Å². The van der Waals surface area contributed by atoms with Crippen LogP contribution in [0.3, 0.4) is 0 Å². The van der Waals surface area contributed by atoms with Crippen molar-refractivity contribution in [2.75, 3.05) is 0 Å². The van der Waals surface area contributed by atoms with Crippen LogP contribution in [0, 0.1) is 5.13 Å². The van der Waals surface area contributed by atoms with E-state index in [4.69, 9.17) is 0 Å². The quantitative estimate of drug-likeness (QED) is 0.707. The predicted molar refractivity (Wildman–Crippen MR) is 55.7 cm³/mol. The summed E-state index contributed by atoms with van der Waals surface area (Å²) in [6.07, 6.45) is 1.95. The highest BCUT2D eigenvalue weighted by Gasteiger charge is 2.02. The van der Waals surface area contributed by atoms with E-state index >= 15 is 0 Å². The maximum absolute atomic E-state index is 12.6. The summed E-state index contributed by atoms with van der Waals surface area (Å²) in [5.41, 5.74) is 0.935.